The van der Waals surface area contributed by atoms with Crippen LogP contribution in [0.25, 0.3) is 0 Å². The molecule has 4 heteroatoms. The number of halogens is 1. The minimum absolute atomic E-state index is 0.0944. The first-order chi connectivity index (χ1) is 9.28. The molecule has 1 amide bonds. The van der Waals surface area contributed by atoms with Gasteiger partial charge in [0.05, 0.1) is 6.10 Å². The Morgan fingerprint density at radius 2 is 2.05 bits per heavy atom. The summed E-state index contributed by atoms with van der Waals surface area (Å²) in [5.41, 5.74) is 2.19. The summed E-state index contributed by atoms with van der Waals surface area (Å²) in [6.07, 6.45) is 3.88. The number of hydrogen-bond donors (Lipinski definition) is 1. The van der Waals surface area contributed by atoms with Crippen molar-refractivity contribution in [2.24, 2.45) is 0 Å². The number of rotatable bonds is 6. The van der Waals surface area contributed by atoms with Crippen LogP contribution in [0.15, 0.2) is 24.3 Å². The van der Waals surface area contributed by atoms with Crippen molar-refractivity contribution < 1.29 is 9.53 Å². The number of amides is 1. The van der Waals surface area contributed by atoms with Crippen molar-refractivity contribution in [2.75, 3.05) is 6.61 Å². The van der Waals surface area contributed by atoms with Gasteiger partial charge in [0, 0.05) is 25.5 Å². The van der Waals surface area contributed by atoms with Crippen molar-refractivity contribution in [3.63, 3.8) is 0 Å². The molecule has 3 nitrogen and oxygen atoms in total. The van der Waals surface area contributed by atoms with E-state index in [1.54, 1.807) is 0 Å². The maximum atomic E-state index is 11.7. The number of ether oxygens (including phenoxy) is 1. The molecule has 104 valence electrons. The van der Waals surface area contributed by atoms with Gasteiger partial charge < -0.3 is 10.1 Å². The zero-order chi connectivity index (χ0) is 13.5. The van der Waals surface area contributed by atoms with Crippen LogP contribution in [0.1, 0.15) is 36.8 Å². The average molecular weight is 282 g/mol. The van der Waals surface area contributed by atoms with E-state index in [1.807, 2.05) is 24.3 Å². The number of carbonyl (C=O) groups excluding carboxylic acids is 1. The molecular weight excluding hydrogens is 262 g/mol. The molecule has 1 saturated heterocycles. The Kier molecular flexibility index (Phi) is 5.67. The van der Waals surface area contributed by atoms with Crippen LogP contribution < -0.4 is 5.32 Å². The molecule has 2 rings (SSSR count). The lowest BCUT2D eigenvalue weighted by atomic mass is 10.1. The SMILES string of the molecule is O=C(CCC1CCCO1)NCc1ccc(CCl)cc1. The predicted molar refractivity (Wildman–Crippen MR) is 76.1 cm³/mol. The van der Waals surface area contributed by atoms with Crippen LogP contribution in [-0.4, -0.2) is 18.6 Å². The van der Waals surface area contributed by atoms with Gasteiger partial charge in [-0.2, -0.15) is 0 Å². The van der Waals surface area contributed by atoms with Crippen molar-refractivity contribution in [3.8, 4) is 0 Å². The van der Waals surface area contributed by atoms with Crippen molar-refractivity contribution in [3.05, 3.63) is 35.4 Å². The summed E-state index contributed by atoms with van der Waals surface area (Å²) < 4.78 is 5.50. The molecule has 1 aromatic rings. The van der Waals surface area contributed by atoms with Gasteiger partial charge in [0.1, 0.15) is 0 Å². The normalized spacial score (nSPS) is 18.5. The lowest BCUT2D eigenvalue weighted by Crippen LogP contribution is -2.23. The van der Waals surface area contributed by atoms with Gasteiger partial charge in [0.15, 0.2) is 0 Å². The number of alkyl halides is 1. The summed E-state index contributed by atoms with van der Waals surface area (Å²) in [7, 11) is 0. The van der Waals surface area contributed by atoms with Gasteiger partial charge in [0.2, 0.25) is 5.91 Å². The Morgan fingerprint density at radius 1 is 1.32 bits per heavy atom. The van der Waals surface area contributed by atoms with Crippen molar-refractivity contribution >= 4 is 17.5 Å². The second kappa shape index (κ2) is 7.51. The van der Waals surface area contributed by atoms with Gasteiger partial charge in [-0.1, -0.05) is 24.3 Å². The smallest absolute Gasteiger partial charge is 0.220 e. The standard InChI is InChI=1S/C15H20ClNO2/c16-10-12-3-5-13(6-4-12)11-17-15(18)8-7-14-2-1-9-19-14/h3-6,14H,1-2,7-11H2,(H,17,18). The molecule has 1 aromatic carbocycles. The predicted octanol–water partition coefficient (Wildman–Crippen LogP) is 3.00. The highest BCUT2D eigenvalue weighted by Crippen LogP contribution is 2.16. The highest BCUT2D eigenvalue weighted by atomic mass is 35.5. The van der Waals surface area contributed by atoms with Gasteiger partial charge in [0.25, 0.3) is 0 Å². The highest BCUT2D eigenvalue weighted by Gasteiger charge is 2.16. The van der Waals surface area contributed by atoms with E-state index in [4.69, 9.17) is 16.3 Å². The third-order valence-corrected chi connectivity index (χ3v) is 3.69. The Balaban J connectivity index is 1.67. The van der Waals surface area contributed by atoms with Gasteiger partial charge in [-0.25, -0.2) is 0 Å². The van der Waals surface area contributed by atoms with E-state index in [1.165, 1.54) is 0 Å². The average Bonchev–Trinajstić information content (AvgIpc) is 2.96. The Hall–Kier alpha value is -1.06. The minimum atomic E-state index is 0.0944. The van der Waals surface area contributed by atoms with E-state index in [-0.39, 0.29) is 12.0 Å². The van der Waals surface area contributed by atoms with E-state index in [9.17, 15) is 4.79 Å². The van der Waals surface area contributed by atoms with Crippen LogP contribution in [0.4, 0.5) is 0 Å². The van der Waals surface area contributed by atoms with Crippen LogP contribution in [0.2, 0.25) is 0 Å². The van der Waals surface area contributed by atoms with Gasteiger partial charge >= 0.3 is 0 Å². The molecule has 1 aliphatic heterocycles. The third-order valence-electron chi connectivity index (χ3n) is 3.38. The zero-order valence-corrected chi connectivity index (χ0v) is 11.8. The van der Waals surface area contributed by atoms with E-state index in [0.29, 0.717) is 18.8 Å². The lowest BCUT2D eigenvalue weighted by molar-refractivity contribution is -0.121. The zero-order valence-electron chi connectivity index (χ0n) is 11.0. The molecular formula is C15H20ClNO2. The molecule has 1 unspecified atom stereocenters. The van der Waals surface area contributed by atoms with Crippen molar-refractivity contribution in [1.82, 2.24) is 5.32 Å². The van der Waals surface area contributed by atoms with E-state index < -0.39 is 0 Å². The fourth-order valence-corrected chi connectivity index (χ4v) is 2.38. The maximum Gasteiger partial charge on any atom is 0.220 e. The lowest BCUT2D eigenvalue weighted by Gasteiger charge is -2.09. The molecule has 19 heavy (non-hydrogen) atoms. The second-order valence-electron chi connectivity index (χ2n) is 4.90. The van der Waals surface area contributed by atoms with E-state index >= 15 is 0 Å². The molecule has 1 N–H and O–H groups in total. The van der Waals surface area contributed by atoms with E-state index in [2.05, 4.69) is 5.32 Å². The molecule has 1 aliphatic rings. The number of benzene rings is 1. The molecule has 0 aromatic heterocycles. The highest BCUT2D eigenvalue weighted by molar-refractivity contribution is 6.17. The van der Waals surface area contributed by atoms with Gasteiger partial charge in [-0.15, -0.1) is 11.6 Å². The van der Waals surface area contributed by atoms with Crippen molar-refractivity contribution in [1.29, 1.82) is 0 Å². The van der Waals surface area contributed by atoms with Crippen LogP contribution in [0.3, 0.4) is 0 Å². The fraction of sp³-hybridized carbons (Fsp3) is 0.533. The molecule has 1 atom stereocenters. The molecule has 1 heterocycles. The summed E-state index contributed by atoms with van der Waals surface area (Å²) in [6.45, 7) is 1.42. The van der Waals surface area contributed by atoms with Gasteiger partial charge in [-0.3, -0.25) is 4.79 Å². The first kappa shape index (κ1) is 14.4. The molecule has 1 fully saturated rings. The van der Waals surface area contributed by atoms with E-state index in [0.717, 1.165) is 37.0 Å². The largest absolute Gasteiger partial charge is 0.378 e. The number of hydrogen-bond acceptors (Lipinski definition) is 2. The summed E-state index contributed by atoms with van der Waals surface area (Å²) in [5.74, 6) is 0.616. The van der Waals surface area contributed by atoms with Crippen LogP contribution >= 0.6 is 11.6 Å². The van der Waals surface area contributed by atoms with Crippen LogP contribution in [0, 0.1) is 0 Å². The van der Waals surface area contributed by atoms with Crippen LogP contribution in [-0.2, 0) is 22.0 Å². The summed E-state index contributed by atoms with van der Waals surface area (Å²) in [5, 5.41) is 2.93. The first-order valence-corrected chi connectivity index (χ1v) is 7.33. The Morgan fingerprint density at radius 3 is 2.68 bits per heavy atom. The Labute approximate surface area is 119 Å². The second-order valence-corrected chi connectivity index (χ2v) is 5.17. The molecule has 0 spiro atoms. The molecule has 0 radical (unpaired) electrons. The number of nitrogens with one attached hydrogen (secondary N) is 1. The quantitative estimate of drug-likeness (QED) is 0.814. The summed E-state index contributed by atoms with van der Waals surface area (Å²) in [6, 6.07) is 7.97. The monoisotopic (exact) mass is 281 g/mol. The minimum Gasteiger partial charge on any atom is -0.378 e. The molecule has 0 aliphatic carbocycles. The number of carbonyl (C=O) groups is 1. The fourth-order valence-electron chi connectivity index (χ4n) is 2.20. The third kappa shape index (κ3) is 4.84. The maximum absolute atomic E-state index is 11.7. The summed E-state index contributed by atoms with van der Waals surface area (Å²) >= 11 is 5.73. The Bertz CT molecular complexity index is 399. The topological polar surface area (TPSA) is 38.3 Å². The van der Waals surface area contributed by atoms with Crippen molar-refractivity contribution in [2.45, 2.75) is 44.2 Å². The summed E-state index contributed by atoms with van der Waals surface area (Å²) in [4.78, 5) is 11.7. The molecule has 0 bridgehead atoms. The van der Waals surface area contributed by atoms with Crippen LogP contribution in [0.5, 0.6) is 0 Å². The first-order valence-electron chi connectivity index (χ1n) is 6.80. The molecule has 0 saturated carbocycles. The van der Waals surface area contributed by atoms with Gasteiger partial charge in [-0.05, 0) is 30.4 Å².